The Labute approximate surface area is 59.9 Å². The van der Waals surface area contributed by atoms with Crippen LogP contribution in [0.4, 0.5) is 0 Å². The van der Waals surface area contributed by atoms with Crippen molar-refractivity contribution < 1.29 is 5.11 Å². The van der Waals surface area contributed by atoms with Crippen LogP contribution in [0.15, 0.2) is 18.5 Å². The summed E-state index contributed by atoms with van der Waals surface area (Å²) in [6.45, 7) is 0.0468. The van der Waals surface area contributed by atoms with Crippen molar-refractivity contribution in [2.24, 2.45) is 5.73 Å². The number of hydrogen-bond donors (Lipinski definition) is 3. The van der Waals surface area contributed by atoms with Crippen molar-refractivity contribution in [1.82, 2.24) is 4.98 Å². The number of aliphatic hydroxyl groups excluding tert-OH is 1. The zero-order valence-corrected chi connectivity index (χ0v) is 5.75. The van der Waals surface area contributed by atoms with Crippen molar-refractivity contribution in [2.75, 3.05) is 6.61 Å². The Hall–Kier alpha value is -0.800. The predicted octanol–water partition coefficient (Wildman–Crippen LogP) is -0.123. The molecule has 0 aliphatic carbocycles. The van der Waals surface area contributed by atoms with E-state index in [0.29, 0.717) is 0 Å². The van der Waals surface area contributed by atoms with Crippen LogP contribution >= 0.6 is 0 Å². The zero-order valence-electron chi connectivity index (χ0n) is 5.75. The smallest absolute Gasteiger partial charge is 0.0585 e. The molecule has 3 heteroatoms. The fourth-order valence-corrected chi connectivity index (χ4v) is 0.853. The fraction of sp³-hybridized carbons (Fsp3) is 0.429. The number of nitrogens with two attached hydrogens (primary N) is 1. The maximum absolute atomic E-state index is 8.60. The highest BCUT2D eigenvalue weighted by Gasteiger charge is 2.00. The Kier molecular flexibility index (Phi) is 2.48. The van der Waals surface area contributed by atoms with E-state index < -0.39 is 0 Å². The fourth-order valence-electron chi connectivity index (χ4n) is 0.853. The molecule has 4 N–H and O–H groups in total. The number of aromatic amines is 1. The average Bonchev–Trinajstić information content (AvgIpc) is 2.40. The highest BCUT2D eigenvalue weighted by molar-refractivity contribution is 5.09. The van der Waals surface area contributed by atoms with Crippen molar-refractivity contribution in [3.63, 3.8) is 0 Å². The SMILES string of the molecule is NC(CO)Cc1cc[nH]c1. The molecular formula is C7H12N2O. The Balaban J connectivity index is 2.40. The second-order valence-electron chi connectivity index (χ2n) is 2.37. The van der Waals surface area contributed by atoms with E-state index in [2.05, 4.69) is 4.98 Å². The molecule has 3 nitrogen and oxygen atoms in total. The lowest BCUT2D eigenvalue weighted by Gasteiger charge is -2.04. The van der Waals surface area contributed by atoms with Gasteiger partial charge in [0, 0.05) is 18.4 Å². The molecule has 0 radical (unpaired) electrons. The third-order valence-corrected chi connectivity index (χ3v) is 1.39. The van der Waals surface area contributed by atoms with Gasteiger partial charge in [0.2, 0.25) is 0 Å². The van der Waals surface area contributed by atoms with Gasteiger partial charge in [-0.1, -0.05) is 0 Å². The summed E-state index contributed by atoms with van der Waals surface area (Å²) < 4.78 is 0. The van der Waals surface area contributed by atoms with Crippen molar-refractivity contribution in [3.05, 3.63) is 24.0 Å². The molecule has 1 aromatic heterocycles. The quantitative estimate of drug-likeness (QED) is 0.548. The Morgan fingerprint density at radius 2 is 2.50 bits per heavy atom. The summed E-state index contributed by atoms with van der Waals surface area (Å²) in [4.78, 5) is 2.92. The third kappa shape index (κ3) is 1.86. The van der Waals surface area contributed by atoms with Gasteiger partial charge in [0.15, 0.2) is 0 Å². The molecule has 0 bridgehead atoms. The summed E-state index contributed by atoms with van der Waals surface area (Å²) in [7, 11) is 0. The average molecular weight is 140 g/mol. The number of aromatic nitrogens is 1. The van der Waals surface area contributed by atoms with Gasteiger partial charge in [0.1, 0.15) is 0 Å². The molecule has 1 heterocycles. The maximum Gasteiger partial charge on any atom is 0.0585 e. The van der Waals surface area contributed by atoms with E-state index in [1.807, 2.05) is 18.5 Å². The zero-order chi connectivity index (χ0) is 7.40. The number of rotatable bonds is 3. The van der Waals surface area contributed by atoms with Gasteiger partial charge in [-0.05, 0) is 18.1 Å². The molecular weight excluding hydrogens is 128 g/mol. The van der Waals surface area contributed by atoms with E-state index in [-0.39, 0.29) is 12.6 Å². The molecule has 1 aromatic rings. The van der Waals surface area contributed by atoms with Crippen molar-refractivity contribution in [3.8, 4) is 0 Å². The van der Waals surface area contributed by atoms with Crippen LogP contribution in [0.1, 0.15) is 5.56 Å². The van der Waals surface area contributed by atoms with Gasteiger partial charge in [-0.3, -0.25) is 0 Å². The molecule has 0 aliphatic rings. The van der Waals surface area contributed by atoms with Crippen LogP contribution in [0.5, 0.6) is 0 Å². The molecule has 56 valence electrons. The van der Waals surface area contributed by atoms with Crippen molar-refractivity contribution in [2.45, 2.75) is 12.5 Å². The Morgan fingerprint density at radius 3 is 3.00 bits per heavy atom. The summed E-state index contributed by atoms with van der Waals surface area (Å²) in [6.07, 6.45) is 4.47. The number of aliphatic hydroxyl groups is 1. The summed E-state index contributed by atoms with van der Waals surface area (Å²) in [5.74, 6) is 0. The third-order valence-electron chi connectivity index (χ3n) is 1.39. The van der Waals surface area contributed by atoms with Gasteiger partial charge in [-0.25, -0.2) is 0 Å². The first-order valence-corrected chi connectivity index (χ1v) is 3.31. The standard InChI is InChI=1S/C7H12N2O/c8-7(5-10)3-6-1-2-9-4-6/h1-2,4,7,9-10H,3,5,8H2. The van der Waals surface area contributed by atoms with Crippen LogP contribution in [0.25, 0.3) is 0 Å². The molecule has 10 heavy (non-hydrogen) atoms. The molecule has 1 atom stereocenters. The van der Waals surface area contributed by atoms with Crippen LogP contribution in [0, 0.1) is 0 Å². The Bertz CT molecular complexity index is 172. The molecule has 0 spiro atoms. The van der Waals surface area contributed by atoms with Gasteiger partial charge < -0.3 is 15.8 Å². The minimum absolute atomic E-state index is 0.0468. The summed E-state index contributed by atoms with van der Waals surface area (Å²) in [6, 6.07) is 1.82. The van der Waals surface area contributed by atoms with Crippen LogP contribution in [-0.4, -0.2) is 22.7 Å². The first kappa shape index (κ1) is 7.31. The summed E-state index contributed by atoms with van der Waals surface area (Å²) in [5.41, 5.74) is 6.64. The molecule has 0 amide bonds. The van der Waals surface area contributed by atoms with Crippen LogP contribution in [-0.2, 0) is 6.42 Å². The lowest BCUT2D eigenvalue weighted by atomic mass is 10.1. The van der Waals surface area contributed by atoms with E-state index in [1.165, 1.54) is 0 Å². The summed E-state index contributed by atoms with van der Waals surface area (Å²) >= 11 is 0. The second kappa shape index (κ2) is 3.39. The van der Waals surface area contributed by atoms with E-state index in [9.17, 15) is 0 Å². The maximum atomic E-state index is 8.60. The van der Waals surface area contributed by atoms with E-state index in [1.54, 1.807) is 0 Å². The molecule has 1 unspecified atom stereocenters. The Morgan fingerprint density at radius 1 is 1.70 bits per heavy atom. The highest BCUT2D eigenvalue weighted by atomic mass is 16.3. The molecule has 0 aliphatic heterocycles. The van der Waals surface area contributed by atoms with Gasteiger partial charge >= 0.3 is 0 Å². The van der Waals surface area contributed by atoms with E-state index >= 15 is 0 Å². The minimum Gasteiger partial charge on any atom is -0.395 e. The van der Waals surface area contributed by atoms with Crippen molar-refractivity contribution in [1.29, 1.82) is 0 Å². The number of H-pyrrole nitrogens is 1. The van der Waals surface area contributed by atoms with Crippen LogP contribution < -0.4 is 5.73 Å². The molecule has 0 saturated heterocycles. The van der Waals surface area contributed by atoms with Crippen LogP contribution in [0.3, 0.4) is 0 Å². The summed E-state index contributed by atoms with van der Waals surface area (Å²) in [5, 5.41) is 8.60. The van der Waals surface area contributed by atoms with Gasteiger partial charge in [0.25, 0.3) is 0 Å². The first-order chi connectivity index (χ1) is 4.83. The van der Waals surface area contributed by atoms with E-state index in [4.69, 9.17) is 10.8 Å². The molecule has 0 saturated carbocycles. The highest BCUT2D eigenvalue weighted by Crippen LogP contribution is 1.99. The van der Waals surface area contributed by atoms with E-state index in [0.717, 1.165) is 12.0 Å². The lowest BCUT2D eigenvalue weighted by Crippen LogP contribution is -2.26. The largest absolute Gasteiger partial charge is 0.395 e. The molecule has 1 rings (SSSR count). The van der Waals surface area contributed by atoms with Gasteiger partial charge in [0.05, 0.1) is 6.61 Å². The topological polar surface area (TPSA) is 62.0 Å². The first-order valence-electron chi connectivity index (χ1n) is 3.31. The predicted molar refractivity (Wildman–Crippen MR) is 39.6 cm³/mol. The second-order valence-corrected chi connectivity index (χ2v) is 2.37. The van der Waals surface area contributed by atoms with Gasteiger partial charge in [-0.2, -0.15) is 0 Å². The molecule has 0 aromatic carbocycles. The number of hydrogen-bond acceptors (Lipinski definition) is 2. The molecule has 0 fully saturated rings. The normalized spacial score (nSPS) is 13.4. The van der Waals surface area contributed by atoms with Crippen LogP contribution in [0.2, 0.25) is 0 Å². The minimum atomic E-state index is -0.129. The van der Waals surface area contributed by atoms with Gasteiger partial charge in [-0.15, -0.1) is 0 Å². The number of nitrogens with one attached hydrogen (secondary N) is 1. The van der Waals surface area contributed by atoms with Crippen molar-refractivity contribution >= 4 is 0 Å². The lowest BCUT2D eigenvalue weighted by molar-refractivity contribution is 0.265. The monoisotopic (exact) mass is 140 g/mol.